The Bertz CT molecular complexity index is 1050. The molecule has 0 saturated heterocycles. The molecular weight excluding hydrogens is 372 g/mol. The molecule has 1 unspecified atom stereocenters. The summed E-state index contributed by atoms with van der Waals surface area (Å²) in [5.41, 5.74) is 1.03. The fourth-order valence-electron chi connectivity index (χ4n) is 2.70. The normalized spacial score (nSPS) is 13.8. The molecule has 3 aromatic rings. The molecule has 2 aromatic heterocycles. The number of carbonyl (C=O) groups is 1. The molecule has 0 saturated carbocycles. The predicted octanol–water partition coefficient (Wildman–Crippen LogP) is 2.57. The van der Waals surface area contributed by atoms with Crippen LogP contribution in [0.5, 0.6) is 11.5 Å². The molecule has 0 aliphatic carbocycles. The number of nitrogens with zero attached hydrogens (tertiary/aromatic N) is 3. The minimum Gasteiger partial charge on any atom is -0.486 e. The summed E-state index contributed by atoms with van der Waals surface area (Å²) in [6, 6.07) is 8.69. The lowest BCUT2D eigenvalue weighted by Crippen LogP contribution is -2.29. The minimum atomic E-state index is -1.21. The Labute approximate surface area is 158 Å². The lowest BCUT2D eigenvalue weighted by molar-refractivity contribution is -0.121. The third-order valence-corrected chi connectivity index (χ3v) is 4.27. The van der Waals surface area contributed by atoms with Gasteiger partial charge in [-0.1, -0.05) is 11.6 Å². The second-order valence-corrected chi connectivity index (χ2v) is 6.10. The standard InChI is InChI=1S/C18H13ClN4O4/c19-17-16(11(8-20)18(24)21-9-10-2-1-3-25-10)22-12-6-14-15(7-13(12)23-17)27-5-4-26-14/h1-3,6-7,11H,4-5,9H2,(H,21,24). The van der Waals surface area contributed by atoms with Crippen molar-refractivity contribution in [2.75, 3.05) is 13.2 Å². The molecule has 3 heterocycles. The number of rotatable bonds is 4. The van der Waals surface area contributed by atoms with Crippen molar-refractivity contribution < 1.29 is 18.7 Å². The van der Waals surface area contributed by atoms with Crippen LogP contribution >= 0.6 is 11.6 Å². The van der Waals surface area contributed by atoms with Crippen molar-refractivity contribution in [2.24, 2.45) is 0 Å². The number of carbonyl (C=O) groups excluding carboxylic acids is 1. The molecule has 0 radical (unpaired) electrons. The largest absolute Gasteiger partial charge is 0.486 e. The maximum absolute atomic E-state index is 12.4. The zero-order valence-corrected chi connectivity index (χ0v) is 14.7. The van der Waals surface area contributed by atoms with E-state index in [4.69, 9.17) is 25.5 Å². The summed E-state index contributed by atoms with van der Waals surface area (Å²) < 4.78 is 16.2. The van der Waals surface area contributed by atoms with Crippen LogP contribution in [-0.2, 0) is 11.3 Å². The van der Waals surface area contributed by atoms with E-state index in [2.05, 4.69) is 15.3 Å². The molecule has 136 valence electrons. The minimum absolute atomic E-state index is 0.0149. The van der Waals surface area contributed by atoms with E-state index in [1.54, 1.807) is 24.3 Å². The van der Waals surface area contributed by atoms with E-state index < -0.39 is 11.8 Å². The number of hydrogen-bond acceptors (Lipinski definition) is 7. The molecule has 0 fully saturated rings. The molecule has 1 N–H and O–H groups in total. The number of ether oxygens (including phenoxy) is 2. The zero-order valence-electron chi connectivity index (χ0n) is 13.9. The Morgan fingerprint density at radius 2 is 1.96 bits per heavy atom. The summed E-state index contributed by atoms with van der Waals surface area (Å²) in [4.78, 5) is 21.1. The fraction of sp³-hybridized carbons (Fsp3) is 0.222. The van der Waals surface area contributed by atoms with Gasteiger partial charge < -0.3 is 19.2 Å². The number of aromatic nitrogens is 2. The topological polar surface area (TPSA) is 110 Å². The van der Waals surface area contributed by atoms with Gasteiger partial charge in [-0.25, -0.2) is 9.97 Å². The lowest BCUT2D eigenvalue weighted by atomic mass is 10.1. The Hall–Kier alpha value is -3.31. The van der Waals surface area contributed by atoms with Gasteiger partial charge >= 0.3 is 0 Å². The second-order valence-electron chi connectivity index (χ2n) is 5.74. The van der Waals surface area contributed by atoms with Gasteiger partial charge in [0.1, 0.15) is 24.7 Å². The third-order valence-electron chi connectivity index (χ3n) is 3.99. The SMILES string of the molecule is N#CC(C(=O)NCc1ccco1)c1nc2cc3c(cc2nc1Cl)OCCO3. The van der Waals surface area contributed by atoms with Gasteiger partial charge in [0, 0.05) is 12.1 Å². The maximum atomic E-state index is 12.4. The van der Waals surface area contributed by atoms with Gasteiger partial charge in [-0.2, -0.15) is 5.26 Å². The van der Waals surface area contributed by atoms with Crippen molar-refractivity contribution in [3.05, 3.63) is 47.1 Å². The molecule has 1 aliphatic rings. The summed E-state index contributed by atoms with van der Waals surface area (Å²) in [7, 11) is 0. The number of hydrogen-bond donors (Lipinski definition) is 1. The van der Waals surface area contributed by atoms with Gasteiger partial charge in [0.25, 0.3) is 0 Å². The van der Waals surface area contributed by atoms with Crippen LogP contribution in [0.1, 0.15) is 17.4 Å². The molecule has 1 amide bonds. The van der Waals surface area contributed by atoms with E-state index in [0.717, 1.165) is 0 Å². The highest BCUT2D eigenvalue weighted by molar-refractivity contribution is 6.30. The molecule has 0 spiro atoms. The highest BCUT2D eigenvalue weighted by atomic mass is 35.5. The van der Waals surface area contributed by atoms with Crippen molar-refractivity contribution in [1.82, 2.24) is 15.3 Å². The van der Waals surface area contributed by atoms with Gasteiger partial charge in [0.15, 0.2) is 22.6 Å². The van der Waals surface area contributed by atoms with E-state index in [0.29, 0.717) is 41.5 Å². The van der Waals surface area contributed by atoms with E-state index in [9.17, 15) is 10.1 Å². The third kappa shape index (κ3) is 3.37. The van der Waals surface area contributed by atoms with E-state index in [1.165, 1.54) is 6.26 Å². The molecule has 1 atom stereocenters. The summed E-state index contributed by atoms with van der Waals surface area (Å²) in [6.07, 6.45) is 1.50. The molecule has 8 nitrogen and oxygen atoms in total. The first-order valence-electron chi connectivity index (χ1n) is 8.12. The molecule has 4 rings (SSSR count). The van der Waals surface area contributed by atoms with Gasteiger partial charge in [-0.15, -0.1) is 0 Å². The number of furan rings is 1. The Morgan fingerprint density at radius 1 is 1.26 bits per heavy atom. The number of nitriles is 1. The smallest absolute Gasteiger partial charge is 0.244 e. The molecule has 1 aromatic carbocycles. The van der Waals surface area contributed by atoms with Crippen LogP contribution in [0.4, 0.5) is 0 Å². The molecule has 1 aliphatic heterocycles. The number of fused-ring (bicyclic) bond motifs is 2. The number of nitrogens with one attached hydrogen (secondary N) is 1. The Kier molecular flexibility index (Phi) is 4.52. The van der Waals surface area contributed by atoms with Crippen LogP contribution in [0, 0.1) is 11.3 Å². The average Bonchev–Trinajstić information content (AvgIpc) is 3.19. The van der Waals surface area contributed by atoms with Crippen LogP contribution in [0.3, 0.4) is 0 Å². The Balaban J connectivity index is 1.65. The fourth-order valence-corrected chi connectivity index (χ4v) is 2.94. The van der Waals surface area contributed by atoms with Gasteiger partial charge in [-0.3, -0.25) is 4.79 Å². The summed E-state index contributed by atoms with van der Waals surface area (Å²) >= 11 is 6.21. The van der Waals surface area contributed by atoms with Crippen molar-refractivity contribution in [1.29, 1.82) is 5.26 Å². The van der Waals surface area contributed by atoms with Crippen LogP contribution < -0.4 is 14.8 Å². The molecular formula is C18H13ClN4O4. The Morgan fingerprint density at radius 3 is 2.59 bits per heavy atom. The number of benzene rings is 1. The highest BCUT2D eigenvalue weighted by Gasteiger charge is 2.26. The summed E-state index contributed by atoms with van der Waals surface area (Å²) in [6.45, 7) is 1.04. The highest BCUT2D eigenvalue weighted by Crippen LogP contribution is 2.35. The quantitative estimate of drug-likeness (QED) is 0.735. The van der Waals surface area contributed by atoms with E-state index >= 15 is 0 Å². The van der Waals surface area contributed by atoms with Gasteiger partial charge in [0.2, 0.25) is 5.91 Å². The van der Waals surface area contributed by atoms with Crippen LogP contribution in [-0.4, -0.2) is 29.1 Å². The first-order chi connectivity index (χ1) is 13.2. The first kappa shape index (κ1) is 17.1. The lowest BCUT2D eigenvalue weighted by Gasteiger charge is -2.19. The summed E-state index contributed by atoms with van der Waals surface area (Å²) in [5, 5.41) is 12.1. The number of halogens is 1. The van der Waals surface area contributed by atoms with Crippen LogP contribution in [0.25, 0.3) is 11.0 Å². The number of amides is 1. The maximum Gasteiger partial charge on any atom is 0.244 e. The first-order valence-corrected chi connectivity index (χ1v) is 8.50. The second kappa shape index (κ2) is 7.13. The molecule has 0 bridgehead atoms. The molecule has 27 heavy (non-hydrogen) atoms. The van der Waals surface area contributed by atoms with Crippen molar-refractivity contribution in [3.8, 4) is 17.6 Å². The predicted molar refractivity (Wildman–Crippen MR) is 94.4 cm³/mol. The van der Waals surface area contributed by atoms with E-state index in [-0.39, 0.29) is 17.4 Å². The summed E-state index contributed by atoms with van der Waals surface area (Å²) in [5.74, 6) is -0.0916. The monoisotopic (exact) mass is 384 g/mol. The average molecular weight is 385 g/mol. The molecule has 9 heteroatoms. The van der Waals surface area contributed by atoms with E-state index in [1.807, 2.05) is 6.07 Å². The van der Waals surface area contributed by atoms with Crippen LogP contribution in [0.2, 0.25) is 5.15 Å². The zero-order chi connectivity index (χ0) is 18.8. The van der Waals surface area contributed by atoms with Crippen molar-refractivity contribution in [3.63, 3.8) is 0 Å². The van der Waals surface area contributed by atoms with Gasteiger partial charge in [0.05, 0.1) is 29.9 Å². The van der Waals surface area contributed by atoms with Crippen molar-refractivity contribution in [2.45, 2.75) is 12.5 Å². The van der Waals surface area contributed by atoms with Gasteiger partial charge in [-0.05, 0) is 12.1 Å². The van der Waals surface area contributed by atoms with Crippen molar-refractivity contribution >= 4 is 28.5 Å². The van der Waals surface area contributed by atoms with Crippen LogP contribution in [0.15, 0.2) is 34.9 Å².